The van der Waals surface area contributed by atoms with Crippen LogP contribution in [0.5, 0.6) is 11.5 Å². The highest BCUT2D eigenvalue weighted by atomic mass is 32.2. The third-order valence-corrected chi connectivity index (χ3v) is 4.62. The van der Waals surface area contributed by atoms with Gasteiger partial charge in [0.25, 0.3) is 0 Å². The maximum absolute atomic E-state index is 14.3. The monoisotopic (exact) mass is 348 g/mol. The zero-order valence-electron chi connectivity index (χ0n) is 13.0. The second-order valence-corrected chi connectivity index (χ2v) is 6.00. The summed E-state index contributed by atoms with van der Waals surface area (Å²) in [6.07, 6.45) is 1.10. The molecule has 0 saturated heterocycles. The molecule has 3 rings (SSSR count). The van der Waals surface area contributed by atoms with Crippen LogP contribution < -0.4 is 15.2 Å². The van der Waals surface area contributed by atoms with Crippen molar-refractivity contribution in [3.8, 4) is 11.5 Å². The number of aromatic nitrogens is 1. The van der Waals surface area contributed by atoms with Crippen molar-refractivity contribution >= 4 is 28.4 Å². The summed E-state index contributed by atoms with van der Waals surface area (Å²) in [6.45, 7) is 0. The molecule has 4 nitrogen and oxygen atoms in total. The second-order valence-electron chi connectivity index (χ2n) is 4.95. The average Bonchev–Trinajstić information content (AvgIpc) is 2.58. The van der Waals surface area contributed by atoms with E-state index in [-0.39, 0.29) is 9.79 Å². The van der Waals surface area contributed by atoms with Crippen LogP contribution in [0.25, 0.3) is 10.9 Å². The van der Waals surface area contributed by atoms with Gasteiger partial charge in [0.15, 0.2) is 17.3 Å². The van der Waals surface area contributed by atoms with Crippen LogP contribution in [-0.2, 0) is 0 Å². The molecule has 0 unspecified atom stereocenters. The highest BCUT2D eigenvalue weighted by Gasteiger charge is 2.16. The lowest BCUT2D eigenvalue weighted by molar-refractivity contribution is 0.355. The summed E-state index contributed by atoms with van der Waals surface area (Å²) >= 11 is 0.970. The summed E-state index contributed by atoms with van der Waals surface area (Å²) in [4.78, 5) is 4.59. The average molecular weight is 348 g/mol. The number of hydrogen-bond donors (Lipinski definition) is 1. The number of fused-ring (bicyclic) bond motifs is 1. The molecule has 24 heavy (non-hydrogen) atoms. The molecule has 0 atom stereocenters. The molecule has 0 spiro atoms. The topological polar surface area (TPSA) is 57.4 Å². The summed E-state index contributed by atoms with van der Waals surface area (Å²) < 4.78 is 38.9. The Hall–Kier alpha value is -2.54. The van der Waals surface area contributed by atoms with Crippen molar-refractivity contribution in [2.45, 2.75) is 9.79 Å². The van der Waals surface area contributed by atoms with Gasteiger partial charge < -0.3 is 15.2 Å². The molecule has 0 amide bonds. The van der Waals surface area contributed by atoms with Gasteiger partial charge in [0.2, 0.25) is 0 Å². The standard InChI is InChI=1S/C17H14F2N2O2S/c1-22-14-6-10-13(7-15(14)23-2)21-8-12(19)17(10)24-16-4-3-9(20)5-11(16)18/h3-8H,20H2,1-2H3. The highest BCUT2D eigenvalue weighted by molar-refractivity contribution is 7.99. The van der Waals surface area contributed by atoms with Gasteiger partial charge in [-0.15, -0.1) is 0 Å². The third kappa shape index (κ3) is 2.94. The fraction of sp³-hybridized carbons (Fsp3) is 0.118. The molecular weight excluding hydrogens is 334 g/mol. The van der Waals surface area contributed by atoms with Gasteiger partial charge in [-0.25, -0.2) is 8.78 Å². The maximum atomic E-state index is 14.3. The van der Waals surface area contributed by atoms with Crippen molar-refractivity contribution in [3.63, 3.8) is 0 Å². The van der Waals surface area contributed by atoms with E-state index in [4.69, 9.17) is 15.2 Å². The lowest BCUT2D eigenvalue weighted by Gasteiger charge is -2.12. The molecule has 124 valence electrons. The van der Waals surface area contributed by atoms with Gasteiger partial charge in [-0.3, -0.25) is 4.98 Å². The van der Waals surface area contributed by atoms with Crippen molar-refractivity contribution in [2.24, 2.45) is 0 Å². The number of hydrogen-bond acceptors (Lipinski definition) is 5. The van der Waals surface area contributed by atoms with Gasteiger partial charge in [0, 0.05) is 22.0 Å². The van der Waals surface area contributed by atoms with Crippen molar-refractivity contribution < 1.29 is 18.3 Å². The minimum Gasteiger partial charge on any atom is -0.493 e. The Morgan fingerprint density at radius 2 is 1.71 bits per heavy atom. The zero-order valence-corrected chi connectivity index (χ0v) is 13.8. The van der Waals surface area contributed by atoms with E-state index in [1.54, 1.807) is 18.2 Å². The number of benzene rings is 2. The second kappa shape index (κ2) is 6.52. The van der Waals surface area contributed by atoms with E-state index < -0.39 is 11.6 Å². The van der Waals surface area contributed by atoms with E-state index in [0.717, 1.165) is 18.0 Å². The predicted molar refractivity (Wildman–Crippen MR) is 89.7 cm³/mol. The molecule has 0 bridgehead atoms. The summed E-state index contributed by atoms with van der Waals surface area (Å²) in [7, 11) is 3.00. The molecule has 2 aromatic carbocycles. The summed E-state index contributed by atoms with van der Waals surface area (Å²) in [5.41, 5.74) is 6.38. The van der Waals surface area contributed by atoms with Crippen molar-refractivity contribution in [3.05, 3.63) is 48.2 Å². The first kappa shape index (κ1) is 16.3. The quantitative estimate of drug-likeness (QED) is 0.714. The lowest BCUT2D eigenvalue weighted by atomic mass is 10.2. The van der Waals surface area contributed by atoms with Crippen LogP contribution in [0, 0.1) is 11.6 Å². The number of ether oxygens (including phenoxy) is 2. The molecule has 0 aliphatic heterocycles. The lowest BCUT2D eigenvalue weighted by Crippen LogP contribution is -1.95. The van der Waals surface area contributed by atoms with Gasteiger partial charge in [-0.05, 0) is 24.3 Å². The van der Waals surface area contributed by atoms with Gasteiger partial charge >= 0.3 is 0 Å². The summed E-state index contributed by atoms with van der Waals surface area (Å²) in [6, 6.07) is 7.56. The van der Waals surface area contributed by atoms with Crippen LogP contribution in [0.2, 0.25) is 0 Å². The van der Waals surface area contributed by atoms with Crippen molar-refractivity contribution in [1.82, 2.24) is 4.98 Å². The molecule has 0 aliphatic rings. The molecule has 0 radical (unpaired) electrons. The Balaban J connectivity index is 2.17. The Labute approximate surface area is 141 Å². The van der Waals surface area contributed by atoms with Crippen LogP contribution in [0.15, 0.2) is 46.3 Å². The number of halogens is 2. The Bertz CT molecular complexity index is 919. The molecule has 7 heteroatoms. The minimum absolute atomic E-state index is 0.254. The number of rotatable bonds is 4. The normalized spacial score (nSPS) is 10.8. The van der Waals surface area contributed by atoms with Crippen LogP contribution in [-0.4, -0.2) is 19.2 Å². The fourth-order valence-corrected chi connectivity index (χ4v) is 3.22. The van der Waals surface area contributed by atoms with Crippen LogP contribution in [0.3, 0.4) is 0 Å². The summed E-state index contributed by atoms with van der Waals surface area (Å²) in [5.74, 6) is -0.128. The fourth-order valence-electron chi connectivity index (χ4n) is 2.28. The molecule has 1 aromatic heterocycles. The molecule has 0 saturated carbocycles. The predicted octanol–water partition coefficient (Wildman–Crippen LogP) is 4.26. The molecule has 0 fully saturated rings. The molecule has 3 aromatic rings. The SMILES string of the molecule is COc1cc2ncc(F)c(Sc3ccc(N)cc3F)c2cc1OC. The number of methoxy groups -OCH3 is 2. The van der Waals surface area contributed by atoms with Gasteiger partial charge in [0.05, 0.1) is 30.8 Å². The molecule has 0 aliphatic carbocycles. The number of anilines is 1. The molecule has 2 N–H and O–H groups in total. The van der Waals surface area contributed by atoms with Gasteiger partial charge in [-0.1, -0.05) is 11.8 Å². The molecular formula is C17H14F2N2O2S. The van der Waals surface area contributed by atoms with Crippen LogP contribution in [0.1, 0.15) is 0 Å². The van der Waals surface area contributed by atoms with Gasteiger partial charge in [0.1, 0.15) is 5.82 Å². The van der Waals surface area contributed by atoms with Crippen molar-refractivity contribution in [2.75, 3.05) is 20.0 Å². The maximum Gasteiger partial charge on any atom is 0.162 e. The molecule has 1 heterocycles. The number of nitrogen functional groups attached to an aromatic ring is 1. The van der Waals surface area contributed by atoms with E-state index in [9.17, 15) is 8.78 Å². The first-order chi connectivity index (χ1) is 11.5. The first-order valence-electron chi connectivity index (χ1n) is 6.96. The van der Waals surface area contributed by atoms with Crippen LogP contribution >= 0.6 is 11.8 Å². The van der Waals surface area contributed by atoms with Crippen molar-refractivity contribution in [1.29, 1.82) is 0 Å². The smallest absolute Gasteiger partial charge is 0.162 e. The Morgan fingerprint density at radius 1 is 1.00 bits per heavy atom. The Kier molecular flexibility index (Phi) is 4.44. The zero-order chi connectivity index (χ0) is 17.3. The first-order valence-corrected chi connectivity index (χ1v) is 7.78. The Morgan fingerprint density at radius 3 is 2.38 bits per heavy atom. The third-order valence-electron chi connectivity index (χ3n) is 3.45. The minimum atomic E-state index is -0.545. The number of nitrogens with two attached hydrogens (primary N) is 1. The van der Waals surface area contributed by atoms with E-state index in [1.807, 2.05) is 0 Å². The number of pyridine rings is 1. The van der Waals surface area contributed by atoms with Gasteiger partial charge in [-0.2, -0.15) is 0 Å². The van der Waals surface area contributed by atoms with Crippen LogP contribution in [0.4, 0.5) is 14.5 Å². The van der Waals surface area contributed by atoms with E-state index in [1.165, 1.54) is 26.4 Å². The van der Waals surface area contributed by atoms with E-state index >= 15 is 0 Å². The highest BCUT2D eigenvalue weighted by Crippen LogP contribution is 2.40. The summed E-state index contributed by atoms with van der Waals surface area (Å²) in [5, 5.41) is 0.508. The number of nitrogens with zero attached hydrogens (tertiary/aromatic N) is 1. The van der Waals surface area contributed by atoms with E-state index in [2.05, 4.69) is 4.98 Å². The largest absolute Gasteiger partial charge is 0.493 e. The van der Waals surface area contributed by atoms with E-state index in [0.29, 0.717) is 28.1 Å².